The third-order valence-corrected chi connectivity index (χ3v) is 2.45. The number of rotatable bonds is 2. The van der Waals surface area contributed by atoms with E-state index < -0.39 is 5.97 Å². The highest BCUT2D eigenvalue weighted by molar-refractivity contribution is 5.93. The second kappa shape index (κ2) is 3.44. The summed E-state index contributed by atoms with van der Waals surface area (Å²) in [5.74, 6) is -0.872. The molecule has 0 aliphatic rings. The number of nitrogens with zero attached hydrogens (tertiary/aromatic N) is 3. The molecule has 0 saturated heterocycles. The molecular formula is C11H7N3O3. The van der Waals surface area contributed by atoms with Crippen molar-refractivity contribution in [2.75, 3.05) is 0 Å². The maximum Gasteiger partial charge on any atom is 0.341 e. The molecule has 3 aromatic heterocycles. The zero-order valence-corrected chi connectivity index (χ0v) is 8.57. The molecule has 84 valence electrons. The van der Waals surface area contributed by atoms with Crippen molar-refractivity contribution in [1.29, 1.82) is 0 Å². The molecule has 3 aromatic rings. The normalized spacial score (nSPS) is 10.8. The van der Waals surface area contributed by atoms with Crippen LogP contribution in [0.3, 0.4) is 0 Å². The second-order valence-electron chi connectivity index (χ2n) is 3.45. The van der Waals surface area contributed by atoms with Gasteiger partial charge in [0.15, 0.2) is 5.76 Å². The maximum atomic E-state index is 11.0. The molecule has 3 heterocycles. The van der Waals surface area contributed by atoms with E-state index in [-0.39, 0.29) is 11.3 Å². The highest BCUT2D eigenvalue weighted by Gasteiger charge is 2.19. The molecule has 0 unspecified atom stereocenters. The Labute approximate surface area is 95.1 Å². The van der Waals surface area contributed by atoms with Gasteiger partial charge in [0.1, 0.15) is 16.9 Å². The van der Waals surface area contributed by atoms with Gasteiger partial charge in [-0.25, -0.2) is 9.78 Å². The lowest BCUT2D eigenvalue weighted by atomic mass is 10.2. The van der Waals surface area contributed by atoms with Crippen LogP contribution in [0.25, 0.3) is 17.1 Å². The fourth-order valence-electron chi connectivity index (χ4n) is 1.68. The van der Waals surface area contributed by atoms with Crippen LogP contribution in [-0.2, 0) is 0 Å². The minimum absolute atomic E-state index is 0.0238. The van der Waals surface area contributed by atoms with Crippen molar-refractivity contribution >= 4 is 11.6 Å². The molecule has 0 aromatic carbocycles. The largest absolute Gasteiger partial charge is 0.477 e. The first-order chi connectivity index (χ1) is 8.27. The molecule has 17 heavy (non-hydrogen) atoms. The number of hydrogen-bond donors (Lipinski definition) is 1. The molecule has 0 fully saturated rings. The summed E-state index contributed by atoms with van der Waals surface area (Å²) in [6, 6.07) is 5.50. The van der Waals surface area contributed by atoms with Crippen molar-refractivity contribution in [3.8, 4) is 11.5 Å². The topological polar surface area (TPSA) is 80.6 Å². The Balaban J connectivity index is 2.28. The van der Waals surface area contributed by atoms with Crippen molar-refractivity contribution in [1.82, 2.24) is 14.5 Å². The van der Waals surface area contributed by atoms with Crippen LogP contribution in [0.2, 0.25) is 0 Å². The lowest BCUT2D eigenvalue weighted by molar-refractivity contribution is 0.0697. The van der Waals surface area contributed by atoms with Crippen molar-refractivity contribution in [3.05, 3.63) is 42.4 Å². The zero-order chi connectivity index (χ0) is 11.8. The molecule has 6 heteroatoms. The first-order valence-electron chi connectivity index (χ1n) is 4.88. The Morgan fingerprint density at radius 2 is 2.24 bits per heavy atom. The standard InChI is InChI=1S/C11H7N3O3/c15-11(16)7-5-13-17-10(7)8-6-12-9-3-1-2-4-14(8)9/h1-6H,(H,15,16). The first kappa shape index (κ1) is 9.59. The van der Waals surface area contributed by atoms with Crippen LogP contribution in [-0.4, -0.2) is 25.6 Å². The van der Waals surface area contributed by atoms with Crippen LogP contribution in [0.5, 0.6) is 0 Å². The molecule has 0 amide bonds. The number of imidazole rings is 1. The maximum absolute atomic E-state index is 11.0. The highest BCUT2D eigenvalue weighted by atomic mass is 16.5. The predicted octanol–water partition coefficient (Wildman–Crippen LogP) is 1.69. The molecule has 0 radical (unpaired) electrons. The summed E-state index contributed by atoms with van der Waals surface area (Å²) < 4.78 is 6.73. The fourth-order valence-corrected chi connectivity index (χ4v) is 1.68. The quantitative estimate of drug-likeness (QED) is 0.723. The summed E-state index contributed by atoms with van der Waals surface area (Å²) >= 11 is 0. The van der Waals surface area contributed by atoms with Gasteiger partial charge < -0.3 is 9.63 Å². The lowest BCUT2D eigenvalue weighted by Crippen LogP contribution is -1.97. The molecule has 0 aliphatic carbocycles. The molecule has 0 bridgehead atoms. The van der Waals surface area contributed by atoms with Crippen LogP contribution < -0.4 is 0 Å². The number of hydrogen-bond acceptors (Lipinski definition) is 4. The minimum Gasteiger partial charge on any atom is -0.477 e. The van der Waals surface area contributed by atoms with E-state index in [1.54, 1.807) is 16.8 Å². The van der Waals surface area contributed by atoms with Crippen molar-refractivity contribution < 1.29 is 14.4 Å². The highest BCUT2D eigenvalue weighted by Crippen LogP contribution is 2.24. The Hall–Kier alpha value is -2.63. The van der Waals surface area contributed by atoms with Gasteiger partial charge in [0, 0.05) is 6.20 Å². The number of fused-ring (bicyclic) bond motifs is 1. The lowest BCUT2D eigenvalue weighted by Gasteiger charge is -1.97. The Bertz CT molecular complexity index is 699. The van der Waals surface area contributed by atoms with Gasteiger partial charge in [-0.3, -0.25) is 4.40 Å². The average Bonchev–Trinajstić information content (AvgIpc) is 2.94. The van der Waals surface area contributed by atoms with E-state index in [2.05, 4.69) is 10.1 Å². The SMILES string of the molecule is O=C(O)c1cnoc1-c1cnc2ccccn12. The van der Waals surface area contributed by atoms with E-state index in [1.807, 2.05) is 18.2 Å². The monoisotopic (exact) mass is 229 g/mol. The summed E-state index contributed by atoms with van der Waals surface area (Å²) in [7, 11) is 0. The van der Waals surface area contributed by atoms with Gasteiger partial charge in [-0.15, -0.1) is 0 Å². The second-order valence-corrected chi connectivity index (χ2v) is 3.45. The first-order valence-corrected chi connectivity index (χ1v) is 4.88. The molecule has 0 spiro atoms. The number of aromatic nitrogens is 3. The average molecular weight is 229 g/mol. The summed E-state index contributed by atoms with van der Waals surface area (Å²) in [6.45, 7) is 0. The number of pyridine rings is 1. The summed E-state index contributed by atoms with van der Waals surface area (Å²) in [5, 5.41) is 12.5. The van der Waals surface area contributed by atoms with Crippen LogP contribution in [0, 0.1) is 0 Å². The third-order valence-electron chi connectivity index (χ3n) is 2.45. The fraction of sp³-hybridized carbons (Fsp3) is 0. The molecule has 0 saturated carbocycles. The van der Waals surface area contributed by atoms with E-state index in [0.717, 1.165) is 5.65 Å². The van der Waals surface area contributed by atoms with Gasteiger partial charge in [0.2, 0.25) is 0 Å². The Morgan fingerprint density at radius 1 is 1.35 bits per heavy atom. The summed E-state index contributed by atoms with van der Waals surface area (Å²) in [4.78, 5) is 15.1. The predicted molar refractivity (Wildman–Crippen MR) is 57.6 cm³/mol. The molecule has 0 aliphatic heterocycles. The number of carboxylic acid groups (broad SMARTS) is 1. The van der Waals surface area contributed by atoms with E-state index in [4.69, 9.17) is 9.63 Å². The molecule has 3 rings (SSSR count). The van der Waals surface area contributed by atoms with E-state index in [1.165, 1.54) is 6.20 Å². The molecule has 6 nitrogen and oxygen atoms in total. The number of carbonyl (C=O) groups is 1. The van der Waals surface area contributed by atoms with Crippen LogP contribution >= 0.6 is 0 Å². The number of carboxylic acids is 1. The zero-order valence-electron chi connectivity index (χ0n) is 8.57. The van der Waals surface area contributed by atoms with E-state index in [0.29, 0.717) is 5.69 Å². The van der Waals surface area contributed by atoms with Crippen LogP contribution in [0.15, 0.2) is 41.3 Å². The van der Waals surface area contributed by atoms with Crippen LogP contribution in [0.1, 0.15) is 10.4 Å². The molecule has 1 N–H and O–H groups in total. The minimum atomic E-state index is -1.08. The summed E-state index contributed by atoms with van der Waals surface area (Å²) in [6.07, 6.45) is 4.52. The van der Waals surface area contributed by atoms with Crippen LogP contribution in [0.4, 0.5) is 0 Å². The van der Waals surface area contributed by atoms with Gasteiger partial charge >= 0.3 is 5.97 Å². The van der Waals surface area contributed by atoms with Gasteiger partial charge in [-0.2, -0.15) is 0 Å². The summed E-state index contributed by atoms with van der Waals surface area (Å²) in [5.41, 5.74) is 1.31. The Kier molecular flexibility index (Phi) is 1.94. The molecule has 0 atom stereocenters. The number of aromatic carboxylic acids is 1. The smallest absolute Gasteiger partial charge is 0.341 e. The van der Waals surface area contributed by atoms with Gasteiger partial charge in [0.25, 0.3) is 0 Å². The van der Waals surface area contributed by atoms with Crippen molar-refractivity contribution in [2.45, 2.75) is 0 Å². The molecular weight excluding hydrogens is 222 g/mol. The van der Waals surface area contributed by atoms with Gasteiger partial charge in [0.05, 0.1) is 12.4 Å². The van der Waals surface area contributed by atoms with E-state index >= 15 is 0 Å². The van der Waals surface area contributed by atoms with Crippen molar-refractivity contribution in [2.24, 2.45) is 0 Å². The van der Waals surface area contributed by atoms with Gasteiger partial charge in [-0.1, -0.05) is 11.2 Å². The van der Waals surface area contributed by atoms with Gasteiger partial charge in [-0.05, 0) is 12.1 Å². The Morgan fingerprint density at radius 3 is 3.06 bits per heavy atom. The van der Waals surface area contributed by atoms with E-state index in [9.17, 15) is 4.79 Å². The third kappa shape index (κ3) is 1.38. The van der Waals surface area contributed by atoms with Crippen molar-refractivity contribution in [3.63, 3.8) is 0 Å².